The van der Waals surface area contributed by atoms with Crippen LogP contribution in [-0.4, -0.2) is 60.5 Å². The van der Waals surface area contributed by atoms with Gasteiger partial charge in [-0.25, -0.2) is 4.79 Å². The number of ether oxygens (including phenoxy) is 1. The molecule has 0 spiro atoms. The molecule has 0 radical (unpaired) electrons. The summed E-state index contributed by atoms with van der Waals surface area (Å²) in [5.74, 6) is -1.11. The number of halogens is 3. The van der Waals surface area contributed by atoms with Gasteiger partial charge in [-0.2, -0.15) is 13.2 Å². The van der Waals surface area contributed by atoms with Gasteiger partial charge in [0.2, 0.25) is 0 Å². The van der Waals surface area contributed by atoms with Gasteiger partial charge in [0.15, 0.2) is 0 Å². The molecule has 1 rings (SSSR count). The number of carbonyl (C=O) groups excluding carboxylic acids is 1. The van der Waals surface area contributed by atoms with E-state index in [9.17, 15) is 22.8 Å². The van der Waals surface area contributed by atoms with Crippen LogP contribution in [0.25, 0.3) is 0 Å². The van der Waals surface area contributed by atoms with Crippen molar-refractivity contribution in [1.29, 1.82) is 0 Å². The first-order chi connectivity index (χ1) is 9.23. The monoisotopic (exact) mass is 298 g/mol. The summed E-state index contributed by atoms with van der Waals surface area (Å²) < 4.78 is 41.9. The average Bonchev–Trinajstić information content (AvgIpc) is 3.13. The summed E-state index contributed by atoms with van der Waals surface area (Å²) in [6, 6.07) is -1.24. The third-order valence-electron chi connectivity index (χ3n) is 2.81. The molecule has 1 aliphatic rings. The molecule has 1 saturated carbocycles. The maximum absolute atomic E-state index is 12.4. The normalized spacial score (nSPS) is 16.6. The molecule has 6 nitrogen and oxygen atoms in total. The van der Waals surface area contributed by atoms with Crippen LogP contribution in [0.5, 0.6) is 0 Å². The molecule has 2 amide bonds. The van der Waals surface area contributed by atoms with Crippen molar-refractivity contribution >= 4 is 12.0 Å². The van der Waals surface area contributed by atoms with Gasteiger partial charge in [-0.15, -0.1) is 0 Å². The van der Waals surface area contributed by atoms with E-state index in [1.165, 1.54) is 7.11 Å². The molecule has 0 aromatic rings. The summed E-state index contributed by atoms with van der Waals surface area (Å²) in [4.78, 5) is 23.0. The number of aliphatic carboxylic acids is 1. The molecule has 0 saturated heterocycles. The fourth-order valence-electron chi connectivity index (χ4n) is 1.68. The first-order valence-electron chi connectivity index (χ1n) is 6.08. The smallest absolute Gasteiger partial charge is 0.406 e. The summed E-state index contributed by atoms with van der Waals surface area (Å²) >= 11 is 0. The zero-order valence-corrected chi connectivity index (χ0v) is 10.9. The average molecular weight is 298 g/mol. The Morgan fingerprint density at radius 2 is 2.05 bits per heavy atom. The standard InChI is InChI=1S/C11H17F3N2O4/c1-20-8(4-9(17)18)5-15-10(19)16(7-2-3-7)6-11(12,13)14/h7-8H,2-6H2,1H3,(H,15,19)(H,17,18). The van der Waals surface area contributed by atoms with E-state index in [0.29, 0.717) is 12.8 Å². The van der Waals surface area contributed by atoms with Crippen LogP contribution in [-0.2, 0) is 9.53 Å². The topological polar surface area (TPSA) is 78.9 Å². The van der Waals surface area contributed by atoms with Crippen LogP contribution in [0, 0.1) is 0 Å². The van der Waals surface area contributed by atoms with Crippen molar-refractivity contribution in [2.24, 2.45) is 0 Å². The van der Waals surface area contributed by atoms with E-state index in [2.05, 4.69) is 5.32 Å². The Hall–Kier alpha value is -1.51. The van der Waals surface area contributed by atoms with Gasteiger partial charge in [0.25, 0.3) is 0 Å². The molecule has 0 aliphatic heterocycles. The predicted octanol–water partition coefficient (Wildman–Crippen LogP) is 1.21. The van der Waals surface area contributed by atoms with Crippen molar-refractivity contribution in [3.05, 3.63) is 0 Å². The second kappa shape index (κ2) is 6.78. The van der Waals surface area contributed by atoms with E-state index in [1.54, 1.807) is 0 Å². The number of nitrogens with one attached hydrogen (secondary N) is 1. The van der Waals surface area contributed by atoms with Crippen molar-refractivity contribution in [2.45, 2.75) is 37.6 Å². The lowest BCUT2D eigenvalue weighted by atomic mass is 10.2. The summed E-state index contributed by atoms with van der Waals surface area (Å²) in [5, 5.41) is 10.9. The Morgan fingerprint density at radius 3 is 2.45 bits per heavy atom. The van der Waals surface area contributed by atoms with Crippen molar-refractivity contribution in [3.8, 4) is 0 Å². The lowest BCUT2D eigenvalue weighted by molar-refractivity contribution is -0.141. The lowest BCUT2D eigenvalue weighted by Crippen LogP contribution is -2.48. The molecule has 1 unspecified atom stereocenters. The van der Waals surface area contributed by atoms with Gasteiger partial charge >= 0.3 is 18.2 Å². The Morgan fingerprint density at radius 1 is 1.45 bits per heavy atom. The number of hydrogen-bond donors (Lipinski definition) is 2. The van der Waals surface area contributed by atoms with Gasteiger partial charge in [0.05, 0.1) is 12.5 Å². The molecule has 0 aromatic carbocycles. The number of hydrogen-bond acceptors (Lipinski definition) is 3. The molecule has 116 valence electrons. The highest BCUT2D eigenvalue weighted by Gasteiger charge is 2.40. The minimum Gasteiger partial charge on any atom is -0.481 e. The number of carbonyl (C=O) groups is 2. The number of methoxy groups -OCH3 is 1. The summed E-state index contributed by atoms with van der Waals surface area (Å²) in [5.41, 5.74) is 0. The number of alkyl halides is 3. The van der Waals surface area contributed by atoms with Crippen LogP contribution in [0.15, 0.2) is 0 Å². The van der Waals surface area contributed by atoms with Crippen LogP contribution in [0.2, 0.25) is 0 Å². The van der Waals surface area contributed by atoms with E-state index < -0.39 is 36.9 Å². The van der Waals surface area contributed by atoms with Gasteiger partial charge < -0.3 is 20.1 Å². The third kappa shape index (κ3) is 6.09. The highest BCUT2D eigenvalue weighted by atomic mass is 19.4. The van der Waals surface area contributed by atoms with E-state index in [1.807, 2.05) is 0 Å². The Kier molecular flexibility index (Phi) is 5.61. The minimum atomic E-state index is -4.46. The van der Waals surface area contributed by atoms with Gasteiger partial charge in [0.1, 0.15) is 6.54 Å². The zero-order valence-electron chi connectivity index (χ0n) is 10.9. The highest BCUT2D eigenvalue weighted by Crippen LogP contribution is 2.30. The van der Waals surface area contributed by atoms with Gasteiger partial charge in [0, 0.05) is 19.7 Å². The Balaban J connectivity index is 2.47. The molecular formula is C11H17F3N2O4. The molecule has 9 heteroatoms. The molecule has 1 atom stereocenters. The molecule has 0 aromatic heterocycles. The molecular weight excluding hydrogens is 281 g/mol. The first kappa shape index (κ1) is 16.5. The summed E-state index contributed by atoms with van der Waals surface area (Å²) in [6.45, 7) is -1.46. The maximum Gasteiger partial charge on any atom is 0.406 e. The number of carboxylic acid groups (broad SMARTS) is 1. The van der Waals surface area contributed by atoms with Crippen molar-refractivity contribution in [3.63, 3.8) is 0 Å². The largest absolute Gasteiger partial charge is 0.481 e. The van der Waals surface area contributed by atoms with Gasteiger partial charge in [-0.3, -0.25) is 4.79 Å². The summed E-state index contributed by atoms with van der Waals surface area (Å²) in [6.07, 6.45) is -4.47. The fourth-order valence-corrected chi connectivity index (χ4v) is 1.68. The first-order valence-corrected chi connectivity index (χ1v) is 6.08. The molecule has 0 bridgehead atoms. The van der Waals surface area contributed by atoms with Crippen molar-refractivity contribution < 1.29 is 32.6 Å². The van der Waals surface area contributed by atoms with Crippen LogP contribution in [0.1, 0.15) is 19.3 Å². The quantitative estimate of drug-likeness (QED) is 0.740. The van der Waals surface area contributed by atoms with Gasteiger partial charge in [-0.05, 0) is 12.8 Å². The van der Waals surface area contributed by atoms with Crippen molar-refractivity contribution in [2.75, 3.05) is 20.2 Å². The molecule has 1 fully saturated rings. The van der Waals surface area contributed by atoms with Crippen molar-refractivity contribution in [1.82, 2.24) is 10.2 Å². The van der Waals surface area contributed by atoms with E-state index in [-0.39, 0.29) is 13.0 Å². The third-order valence-corrected chi connectivity index (χ3v) is 2.81. The molecule has 2 N–H and O–H groups in total. The maximum atomic E-state index is 12.4. The van der Waals surface area contributed by atoms with Crippen LogP contribution in [0.4, 0.5) is 18.0 Å². The van der Waals surface area contributed by atoms with E-state index >= 15 is 0 Å². The second-order valence-electron chi connectivity index (χ2n) is 4.62. The molecule has 0 heterocycles. The van der Waals surface area contributed by atoms with E-state index in [4.69, 9.17) is 9.84 Å². The predicted molar refractivity (Wildman–Crippen MR) is 62.2 cm³/mol. The van der Waals surface area contributed by atoms with Gasteiger partial charge in [-0.1, -0.05) is 0 Å². The number of rotatable bonds is 7. The minimum absolute atomic E-state index is 0.150. The number of nitrogens with zero attached hydrogens (tertiary/aromatic N) is 1. The fraction of sp³-hybridized carbons (Fsp3) is 0.818. The van der Waals surface area contributed by atoms with E-state index in [0.717, 1.165) is 4.90 Å². The number of carboxylic acids is 1. The zero-order chi connectivity index (χ0) is 15.3. The van der Waals surface area contributed by atoms with Crippen LogP contribution < -0.4 is 5.32 Å². The van der Waals surface area contributed by atoms with Crippen LogP contribution in [0.3, 0.4) is 0 Å². The van der Waals surface area contributed by atoms with Crippen LogP contribution >= 0.6 is 0 Å². The molecule has 1 aliphatic carbocycles. The highest BCUT2D eigenvalue weighted by molar-refractivity contribution is 5.75. The number of amides is 2. The SMILES string of the molecule is COC(CNC(=O)N(CC(F)(F)F)C1CC1)CC(=O)O. The lowest BCUT2D eigenvalue weighted by Gasteiger charge is -2.25. The molecule has 20 heavy (non-hydrogen) atoms. The second-order valence-corrected chi connectivity index (χ2v) is 4.62. The Bertz CT molecular complexity index is 358. The summed E-state index contributed by atoms with van der Waals surface area (Å²) in [7, 11) is 1.27. The Labute approximate surface area is 113 Å². The number of urea groups is 1.